The lowest BCUT2D eigenvalue weighted by molar-refractivity contribution is 0.0697. The van der Waals surface area contributed by atoms with Crippen LogP contribution in [0.15, 0.2) is 72.1 Å². The number of ether oxygens (including phenoxy) is 1. The van der Waals surface area contributed by atoms with E-state index in [1.54, 1.807) is 43.5 Å². The summed E-state index contributed by atoms with van der Waals surface area (Å²) in [5.41, 5.74) is 6.29. The van der Waals surface area contributed by atoms with Gasteiger partial charge in [0.25, 0.3) is 0 Å². The second kappa shape index (κ2) is 8.36. The summed E-state index contributed by atoms with van der Waals surface area (Å²) < 4.78 is 5.19. The summed E-state index contributed by atoms with van der Waals surface area (Å²) in [5, 5.41) is 21.8. The van der Waals surface area contributed by atoms with Crippen molar-refractivity contribution in [1.29, 1.82) is 0 Å². The van der Waals surface area contributed by atoms with Gasteiger partial charge in [0, 0.05) is 22.1 Å². The van der Waals surface area contributed by atoms with Crippen LogP contribution in [0.3, 0.4) is 0 Å². The molecule has 0 aliphatic rings. The number of benzene rings is 3. The van der Waals surface area contributed by atoms with Crippen LogP contribution >= 0.6 is 11.3 Å². The predicted molar refractivity (Wildman–Crippen MR) is 117 cm³/mol. The Morgan fingerprint density at radius 3 is 2.43 bits per heavy atom. The van der Waals surface area contributed by atoms with Gasteiger partial charge in [-0.25, -0.2) is 9.78 Å². The molecule has 0 radical (unpaired) electrons. The van der Waals surface area contributed by atoms with Crippen molar-refractivity contribution in [3.05, 3.63) is 77.7 Å². The van der Waals surface area contributed by atoms with E-state index in [2.05, 4.69) is 10.5 Å². The zero-order valence-corrected chi connectivity index (χ0v) is 16.8. The van der Waals surface area contributed by atoms with Gasteiger partial charge in [-0.1, -0.05) is 30.3 Å². The molecule has 150 valence electrons. The van der Waals surface area contributed by atoms with Crippen LogP contribution in [0.2, 0.25) is 0 Å². The van der Waals surface area contributed by atoms with Gasteiger partial charge in [0.1, 0.15) is 10.8 Å². The maximum absolute atomic E-state index is 12.0. The third-order valence-corrected chi connectivity index (χ3v) is 5.62. The van der Waals surface area contributed by atoms with Crippen LogP contribution in [0.4, 0.5) is 5.69 Å². The molecule has 0 saturated heterocycles. The SMILES string of the molecule is COc1ccc(-c2csc(-c3ccc(-c4ccccc4NO)c(C(=O)O)c3)n2)cc1. The molecule has 0 bridgehead atoms. The quantitative estimate of drug-likeness (QED) is 0.350. The molecule has 1 heterocycles. The minimum Gasteiger partial charge on any atom is -0.497 e. The van der Waals surface area contributed by atoms with E-state index in [9.17, 15) is 15.1 Å². The molecule has 0 aliphatic heterocycles. The van der Waals surface area contributed by atoms with Gasteiger partial charge >= 0.3 is 5.97 Å². The summed E-state index contributed by atoms with van der Waals surface area (Å²) in [6.45, 7) is 0. The molecule has 4 rings (SSSR count). The number of carboxylic acids is 1. The second-order valence-electron chi connectivity index (χ2n) is 6.49. The molecule has 7 heteroatoms. The molecule has 0 amide bonds. The normalized spacial score (nSPS) is 10.6. The van der Waals surface area contributed by atoms with Crippen LogP contribution in [0.5, 0.6) is 5.75 Å². The third kappa shape index (κ3) is 3.76. The Bertz CT molecular complexity index is 1200. The van der Waals surface area contributed by atoms with Crippen LogP contribution < -0.4 is 10.2 Å². The fraction of sp³-hybridized carbons (Fsp3) is 0.0435. The zero-order chi connectivity index (χ0) is 21.1. The molecule has 0 atom stereocenters. The lowest BCUT2D eigenvalue weighted by Gasteiger charge is -2.12. The average Bonchev–Trinajstić information content (AvgIpc) is 3.29. The van der Waals surface area contributed by atoms with Crippen molar-refractivity contribution in [2.45, 2.75) is 0 Å². The molecule has 0 aliphatic carbocycles. The maximum atomic E-state index is 12.0. The highest BCUT2D eigenvalue weighted by molar-refractivity contribution is 7.13. The average molecular weight is 418 g/mol. The van der Waals surface area contributed by atoms with Crippen LogP contribution in [0.1, 0.15) is 10.4 Å². The Kier molecular flexibility index (Phi) is 5.47. The van der Waals surface area contributed by atoms with Gasteiger partial charge in [-0.05, 0) is 42.0 Å². The van der Waals surface area contributed by atoms with Crippen LogP contribution in [0, 0.1) is 0 Å². The summed E-state index contributed by atoms with van der Waals surface area (Å²) >= 11 is 1.45. The first kappa shape index (κ1) is 19.6. The zero-order valence-electron chi connectivity index (χ0n) is 16.0. The van der Waals surface area contributed by atoms with Gasteiger partial charge in [-0.2, -0.15) is 0 Å². The Hall–Kier alpha value is -3.68. The van der Waals surface area contributed by atoms with E-state index in [4.69, 9.17) is 4.74 Å². The molecule has 0 saturated carbocycles. The number of anilines is 1. The predicted octanol–water partition coefficient (Wildman–Crippen LogP) is 5.65. The number of thiazole rings is 1. The molecule has 0 unspecified atom stereocenters. The number of para-hydroxylation sites is 1. The monoisotopic (exact) mass is 418 g/mol. The Morgan fingerprint density at radius 2 is 1.73 bits per heavy atom. The number of hydrogen-bond donors (Lipinski definition) is 3. The van der Waals surface area contributed by atoms with E-state index < -0.39 is 5.97 Å². The van der Waals surface area contributed by atoms with Gasteiger partial charge in [-0.3, -0.25) is 10.7 Å². The number of carboxylic acid groups (broad SMARTS) is 1. The molecular weight excluding hydrogens is 400 g/mol. The lowest BCUT2D eigenvalue weighted by atomic mass is 9.96. The maximum Gasteiger partial charge on any atom is 0.336 e. The smallest absolute Gasteiger partial charge is 0.336 e. The minimum absolute atomic E-state index is 0.136. The van der Waals surface area contributed by atoms with E-state index in [1.165, 1.54) is 11.3 Å². The summed E-state index contributed by atoms with van der Waals surface area (Å²) in [7, 11) is 1.62. The number of nitrogens with one attached hydrogen (secondary N) is 1. The molecule has 4 aromatic rings. The van der Waals surface area contributed by atoms with Crippen molar-refractivity contribution in [1.82, 2.24) is 4.98 Å². The summed E-state index contributed by atoms with van der Waals surface area (Å²) in [4.78, 5) is 16.6. The topological polar surface area (TPSA) is 91.7 Å². The Labute approximate surface area is 177 Å². The number of methoxy groups -OCH3 is 1. The largest absolute Gasteiger partial charge is 0.497 e. The number of aromatic carboxylic acids is 1. The highest BCUT2D eigenvalue weighted by atomic mass is 32.1. The first-order valence-electron chi connectivity index (χ1n) is 9.08. The van der Waals surface area contributed by atoms with Gasteiger partial charge in [-0.15, -0.1) is 11.3 Å². The van der Waals surface area contributed by atoms with E-state index in [1.807, 2.05) is 35.7 Å². The second-order valence-corrected chi connectivity index (χ2v) is 7.35. The number of carbonyl (C=O) groups is 1. The van der Waals surface area contributed by atoms with E-state index in [0.29, 0.717) is 16.8 Å². The number of hydrogen-bond acceptors (Lipinski definition) is 6. The van der Waals surface area contributed by atoms with Crippen molar-refractivity contribution in [3.8, 4) is 38.7 Å². The fourth-order valence-electron chi connectivity index (χ4n) is 3.21. The summed E-state index contributed by atoms with van der Waals surface area (Å²) in [5.74, 6) is -0.278. The lowest BCUT2D eigenvalue weighted by Crippen LogP contribution is -2.02. The van der Waals surface area contributed by atoms with Crippen molar-refractivity contribution in [2.24, 2.45) is 0 Å². The Morgan fingerprint density at radius 1 is 1.00 bits per heavy atom. The molecule has 3 aromatic carbocycles. The number of rotatable bonds is 6. The van der Waals surface area contributed by atoms with Gasteiger partial charge < -0.3 is 9.84 Å². The van der Waals surface area contributed by atoms with Crippen LogP contribution in [-0.2, 0) is 0 Å². The standard InChI is InChI=1S/C23H18N2O4S/c1-29-16-9-6-14(7-10-16)21-13-30-22(24-21)15-8-11-17(19(12-15)23(26)27)18-4-2-3-5-20(18)25-28/h2-13,25,28H,1H3,(H,26,27). The first-order valence-corrected chi connectivity index (χ1v) is 9.96. The molecular formula is C23H18N2O4S. The minimum atomic E-state index is -1.05. The van der Waals surface area contributed by atoms with Crippen LogP contribution in [-0.4, -0.2) is 28.4 Å². The van der Waals surface area contributed by atoms with Crippen molar-refractivity contribution in [3.63, 3.8) is 0 Å². The third-order valence-electron chi connectivity index (χ3n) is 4.72. The fourth-order valence-corrected chi connectivity index (χ4v) is 4.03. The molecule has 3 N–H and O–H groups in total. The molecule has 0 spiro atoms. The van der Waals surface area contributed by atoms with Crippen molar-refractivity contribution >= 4 is 23.0 Å². The van der Waals surface area contributed by atoms with Crippen molar-refractivity contribution < 1.29 is 19.8 Å². The van der Waals surface area contributed by atoms with Gasteiger partial charge in [0.2, 0.25) is 0 Å². The highest BCUT2D eigenvalue weighted by Crippen LogP contribution is 2.35. The van der Waals surface area contributed by atoms with E-state index in [0.717, 1.165) is 27.6 Å². The summed E-state index contributed by atoms with van der Waals surface area (Å²) in [6, 6.07) is 19.8. The molecule has 0 fully saturated rings. The van der Waals surface area contributed by atoms with E-state index in [-0.39, 0.29) is 5.56 Å². The highest BCUT2D eigenvalue weighted by Gasteiger charge is 2.17. The van der Waals surface area contributed by atoms with E-state index >= 15 is 0 Å². The van der Waals surface area contributed by atoms with Gasteiger partial charge in [0.15, 0.2) is 0 Å². The summed E-state index contributed by atoms with van der Waals surface area (Å²) in [6.07, 6.45) is 0. The van der Waals surface area contributed by atoms with Crippen molar-refractivity contribution in [2.75, 3.05) is 12.6 Å². The number of nitrogens with zero attached hydrogens (tertiary/aromatic N) is 1. The Balaban J connectivity index is 1.73. The van der Waals surface area contributed by atoms with Crippen LogP contribution in [0.25, 0.3) is 33.0 Å². The first-order chi connectivity index (χ1) is 14.6. The molecule has 30 heavy (non-hydrogen) atoms. The molecule has 6 nitrogen and oxygen atoms in total. The molecule has 1 aromatic heterocycles. The van der Waals surface area contributed by atoms with Gasteiger partial charge in [0.05, 0.1) is 24.1 Å². The number of aromatic nitrogens is 1.